The first-order valence-electron chi connectivity index (χ1n) is 7.62. The van der Waals surface area contributed by atoms with Crippen molar-refractivity contribution in [1.82, 2.24) is 15.0 Å². The third-order valence-corrected chi connectivity index (χ3v) is 3.28. The number of pyridine rings is 1. The first kappa shape index (κ1) is 19.2. The average molecular weight is 366 g/mol. The first-order chi connectivity index (χ1) is 12.4. The zero-order valence-corrected chi connectivity index (χ0v) is 13.9. The van der Waals surface area contributed by atoms with Crippen molar-refractivity contribution >= 4 is 23.1 Å². The van der Waals surface area contributed by atoms with Gasteiger partial charge in [-0.2, -0.15) is 23.4 Å². The molecular weight excluding hydrogens is 349 g/mol. The van der Waals surface area contributed by atoms with Crippen LogP contribution < -0.4 is 21.7 Å². The van der Waals surface area contributed by atoms with E-state index >= 15 is 0 Å². The zero-order valence-electron chi connectivity index (χ0n) is 13.9. The lowest BCUT2D eigenvalue weighted by molar-refractivity contribution is -0.137. The van der Waals surface area contributed by atoms with Gasteiger partial charge in [-0.1, -0.05) is 0 Å². The standard InChI is InChI=1S/C15H17F3N8/c1-21-13-10(15(16,17)18)8-24-14(26-13)25-9-5-11(22-4-2-3-19)12(6-20)23-7-9/h5,7-8,22H,2-4,19H2,1H3,(H2,21,24,25,26). The van der Waals surface area contributed by atoms with Crippen molar-refractivity contribution in [1.29, 1.82) is 5.26 Å². The number of alkyl halides is 3. The van der Waals surface area contributed by atoms with Gasteiger partial charge in [0.1, 0.15) is 17.5 Å². The van der Waals surface area contributed by atoms with Gasteiger partial charge in [-0.3, -0.25) is 0 Å². The molecule has 26 heavy (non-hydrogen) atoms. The number of nitrogens with zero attached hydrogens (tertiary/aromatic N) is 4. The molecule has 0 atom stereocenters. The molecule has 2 aromatic rings. The minimum absolute atomic E-state index is 0.0400. The van der Waals surface area contributed by atoms with Crippen molar-refractivity contribution in [3.05, 3.63) is 29.7 Å². The van der Waals surface area contributed by atoms with Crippen LogP contribution in [-0.2, 0) is 6.18 Å². The van der Waals surface area contributed by atoms with Gasteiger partial charge in [-0.05, 0) is 19.0 Å². The zero-order chi connectivity index (χ0) is 19.2. The molecule has 2 heterocycles. The summed E-state index contributed by atoms with van der Waals surface area (Å²) in [6, 6.07) is 3.56. The van der Waals surface area contributed by atoms with E-state index in [-0.39, 0.29) is 17.5 Å². The van der Waals surface area contributed by atoms with E-state index in [4.69, 9.17) is 11.0 Å². The van der Waals surface area contributed by atoms with Gasteiger partial charge in [0, 0.05) is 19.8 Å². The molecule has 2 rings (SSSR count). The maximum atomic E-state index is 12.9. The number of hydrogen-bond donors (Lipinski definition) is 4. The number of rotatable bonds is 7. The molecule has 0 amide bonds. The molecule has 0 bridgehead atoms. The lowest BCUT2D eigenvalue weighted by Gasteiger charge is -2.13. The summed E-state index contributed by atoms with van der Waals surface area (Å²) in [6.07, 6.45) is -1.80. The van der Waals surface area contributed by atoms with E-state index in [1.165, 1.54) is 13.2 Å². The van der Waals surface area contributed by atoms with E-state index in [1.807, 2.05) is 6.07 Å². The van der Waals surface area contributed by atoms with Gasteiger partial charge < -0.3 is 21.7 Å². The average Bonchev–Trinajstić information content (AvgIpc) is 2.61. The van der Waals surface area contributed by atoms with Crippen LogP contribution in [0.4, 0.5) is 36.3 Å². The van der Waals surface area contributed by atoms with Crippen molar-refractivity contribution in [2.45, 2.75) is 12.6 Å². The molecule has 0 spiro atoms. The summed E-state index contributed by atoms with van der Waals surface area (Å²) in [5.41, 5.74) is 5.55. The second-order valence-corrected chi connectivity index (χ2v) is 5.13. The highest BCUT2D eigenvalue weighted by molar-refractivity contribution is 5.65. The molecule has 11 heteroatoms. The summed E-state index contributed by atoms with van der Waals surface area (Å²) in [7, 11) is 1.34. The van der Waals surface area contributed by atoms with Crippen LogP contribution in [0, 0.1) is 11.3 Å². The Morgan fingerprint density at radius 1 is 1.27 bits per heavy atom. The quantitative estimate of drug-likeness (QED) is 0.550. The molecule has 0 aliphatic carbocycles. The number of nitriles is 1. The van der Waals surface area contributed by atoms with Crippen LogP contribution in [0.5, 0.6) is 0 Å². The highest BCUT2D eigenvalue weighted by Gasteiger charge is 2.35. The molecule has 5 N–H and O–H groups in total. The van der Waals surface area contributed by atoms with E-state index in [2.05, 4.69) is 30.9 Å². The topological polar surface area (TPSA) is 125 Å². The van der Waals surface area contributed by atoms with Crippen LogP contribution in [-0.4, -0.2) is 35.1 Å². The molecule has 0 fully saturated rings. The van der Waals surface area contributed by atoms with Gasteiger partial charge in [0.2, 0.25) is 5.95 Å². The second kappa shape index (κ2) is 8.30. The number of nitrogens with one attached hydrogen (secondary N) is 3. The maximum Gasteiger partial charge on any atom is 0.421 e. The van der Waals surface area contributed by atoms with Gasteiger partial charge in [-0.25, -0.2) is 9.97 Å². The Balaban J connectivity index is 2.25. The summed E-state index contributed by atoms with van der Waals surface area (Å²) >= 11 is 0. The van der Waals surface area contributed by atoms with Crippen LogP contribution in [0.2, 0.25) is 0 Å². The molecule has 138 valence electrons. The fourth-order valence-corrected chi connectivity index (χ4v) is 2.05. The monoisotopic (exact) mass is 366 g/mol. The fraction of sp³-hybridized carbons (Fsp3) is 0.333. The van der Waals surface area contributed by atoms with E-state index in [1.54, 1.807) is 6.07 Å². The van der Waals surface area contributed by atoms with Crippen LogP contribution in [0.1, 0.15) is 17.7 Å². The molecule has 0 saturated heterocycles. The Morgan fingerprint density at radius 3 is 2.65 bits per heavy atom. The van der Waals surface area contributed by atoms with Crippen LogP contribution in [0.3, 0.4) is 0 Å². The van der Waals surface area contributed by atoms with Crippen molar-refractivity contribution in [2.24, 2.45) is 5.73 Å². The minimum Gasteiger partial charge on any atom is -0.383 e. The summed E-state index contributed by atoms with van der Waals surface area (Å²) in [4.78, 5) is 11.5. The molecule has 2 aromatic heterocycles. The molecule has 0 aliphatic rings. The Hall–Kier alpha value is -3.13. The highest BCUT2D eigenvalue weighted by atomic mass is 19.4. The fourth-order valence-electron chi connectivity index (χ4n) is 2.05. The smallest absolute Gasteiger partial charge is 0.383 e. The number of halogens is 3. The Kier molecular flexibility index (Phi) is 6.13. The maximum absolute atomic E-state index is 12.9. The Morgan fingerprint density at radius 2 is 2.04 bits per heavy atom. The van der Waals surface area contributed by atoms with Gasteiger partial charge >= 0.3 is 6.18 Å². The third-order valence-electron chi connectivity index (χ3n) is 3.28. The molecular formula is C15H17F3N8. The highest BCUT2D eigenvalue weighted by Crippen LogP contribution is 2.33. The van der Waals surface area contributed by atoms with E-state index in [9.17, 15) is 13.2 Å². The number of aromatic nitrogens is 3. The number of nitrogens with two attached hydrogens (primary N) is 1. The van der Waals surface area contributed by atoms with Crippen LogP contribution >= 0.6 is 0 Å². The van der Waals surface area contributed by atoms with Crippen LogP contribution in [0.15, 0.2) is 18.5 Å². The van der Waals surface area contributed by atoms with Crippen molar-refractivity contribution in [3.63, 3.8) is 0 Å². The second-order valence-electron chi connectivity index (χ2n) is 5.13. The van der Waals surface area contributed by atoms with E-state index in [0.29, 0.717) is 37.1 Å². The summed E-state index contributed by atoms with van der Waals surface area (Å²) in [6.45, 7) is 1.05. The molecule has 0 radical (unpaired) electrons. The summed E-state index contributed by atoms with van der Waals surface area (Å²) in [5, 5.41) is 17.3. The van der Waals surface area contributed by atoms with Gasteiger partial charge in [0.15, 0.2) is 5.69 Å². The molecule has 0 aliphatic heterocycles. The summed E-state index contributed by atoms with van der Waals surface area (Å²) < 4.78 is 38.6. The van der Waals surface area contributed by atoms with Crippen LogP contribution in [0.25, 0.3) is 0 Å². The van der Waals surface area contributed by atoms with Crippen molar-refractivity contribution in [2.75, 3.05) is 36.1 Å². The number of anilines is 4. The largest absolute Gasteiger partial charge is 0.421 e. The number of hydrogen-bond acceptors (Lipinski definition) is 8. The SMILES string of the molecule is CNc1nc(Nc2cnc(C#N)c(NCCCN)c2)ncc1C(F)(F)F. The van der Waals surface area contributed by atoms with Gasteiger partial charge in [0.05, 0.1) is 17.6 Å². The molecule has 0 aromatic carbocycles. The summed E-state index contributed by atoms with van der Waals surface area (Å²) in [5.74, 6) is -0.389. The lowest BCUT2D eigenvalue weighted by Crippen LogP contribution is -2.13. The Bertz CT molecular complexity index is 800. The normalized spacial score (nSPS) is 10.9. The van der Waals surface area contributed by atoms with E-state index in [0.717, 1.165) is 0 Å². The van der Waals surface area contributed by atoms with Crippen molar-refractivity contribution in [3.8, 4) is 6.07 Å². The lowest BCUT2D eigenvalue weighted by atomic mass is 10.2. The van der Waals surface area contributed by atoms with Gasteiger partial charge in [-0.15, -0.1) is 0 Å². The molecule has 0 saturated carbocycles. The third kappa shape index (κ3) is 4.70. The molecule has 8 nitrogen and oxygen atoms in total. The predicted octanol–water partition coefficient (Wildman–Crippen LogP) is 2.31. The minimum atomic E-state index is -4.56. The van der Waals surface area contributed by atoms with Crippen molar-refractivity contribution < 1.29 is 13.2 Å². The van der Waals surface area contributed by atoms with E-state index < -0.39 is 11.7 Å². The molecule has 0 unspecified atom stereocenters. The predicted molar refractivity (Wildman–Crippen MR) is 91.0 cm³/mol. The Labute approximate surface area is 147 Å². The van der Waals surface area contributed by atoms with Gasteiger partial charge in [0.25, 0.3) is 0 Å². The first-order valence-corrected chi connectivity index (χ1v) is 7.62.